The van der Waals surface area contributed by atoms with Gasteiger partial charge in [-0.2, -0.15) is 0 Å². The molecule has 0 fully saturated rings. The molecule has 1 atom stereocenters. The van der Waals surface area contributed by atoms with E-state index in [4.69, 9.17) is 5.73 Å². The van der Waals surface area contributed by atoms with Crippen LogP contribution in [0.3, 0.4) is 0 Å². The van der Waals surface area contributed by atoms with E-state index in [0.717, 1.165) is 0 Å². The van der Waals surface area contributed by atoms with Gasteiger partial charge >= 0.3 is 0 Å². The number of aryl methyl sites for hydroxylation is 1. The van der Waals surface area contributed by atoms with Gasteiger partial charge in [-0.3, -0.25) is 0 Å². The first-order valence-corrected chi connectivity index (χ1v) is 5.86. The van der Waals surface area contributed by atoms with E-state index in [9.17, 15) is 0 Å². The molecule has 0 aliphatic rings. The molecule has 0 radical (unpaired) electrons. The first-order chi connectivity index (χ1) is 7.36. The first kappa shape index (κ1) is 13.0. The molecule has 0 amide bonds. The van der Waals surface area contributed by atoms with Gasteiger partial charge in [-0.25, -0.2) is 0 Å². The van der Waals surface area contributed by atoms with Crippen molar-refractivity contribution in [2.24, 2.45) is 11.1 Å². The van der Waals surface area contributed by atoms with Crippen LogP contribution in [-0.4, -0.2) is 19.6 Å². The van der Waals surface area contributed by atoms with Crippen molar-refractivity contribution in [3.63, 3.8) is 0 Å². The highest BCUT2D eigenvalue weighted by molar-refractivity contribution is 5.49. The molecule has 0 saturated carbocycles. The monoisotopic (exact) mass is 220 g/mol. The number of nitrogens with zero attached hydrogens (tertiary/aromatic N) is 1. The van der Waals surface area contributed by atoms with Gasteiger partial charge in [0.2, 0.25) is 0 Å². The third-order valence-corrected chi connectivity index (χ3v) is 3.10. The normalized spacial score (nSPS) is 13.6. The molecule has 90 valence electrons. The number of likely N-dealkylation sites (N-methyl/N-ethyl adjacent to an activating group) is 1. The number of benzene rings is 1. The first-order valence-electron chi connectivity index (χ1n) is 5.86. The predicted octanol–water partition coefficient (Wildman–Crippen LogP) is 2.80. The summed E-state index contributed by atoms with van der Waals surface area (Å²) in [6, 6.07) is 8.91. The maximum Gasteiger partial charge on any atom is 0.0457 e. The number of anilines is 1. The van der Waals surface area contributed by atoms with Gasteiger partial charge in [0.15, 0.2) is 0 Å². The summed E-state index contributed by atoms with van der Waals surface area (Å²) in [4.78, 5) is 2.28. The Morgan fingerprint density at radius 3 is 2.38 bits per heavy atom. The molecule has 1 aromatic carbocycles. The highest BCUT2D eigenvalue weighted by Gasteiger charge is 2.27. The van der Waals surface area contributed by atoms with E-state index in [1.807, 2.05) is 0 Å². The summed E-state index contributed by atoms with van der Waals surface area (Å²) < 4.78 is 0. The van der Waals surface area contributed by atoms with Gasteiger partial charge in [0.05, 0.1) is 0 Å². The third kappa shape index (κ3) is 2.99. The Morgan fingerprint density at radius 1 is 1.31 bits per heavy atom. The van der Waals surface area contributed by atoms with Crippen molar-refractivity contribution in [3.8, 4) is 0 Å². The maximum absolute atomic E-state index is 5.89. The fraction of sp³-hybridized carbons (Fsp3) is 0.571. The lowest BCUT2D eigenvalue weighted by Gasteiger charge is -2.38. The zero-order chi connectivity index (χ0) is 12.3. The molecule has 2 nitrogen and oxygen atoms in total. The predicted molar refractivity (Wildman–Crippen MR) is 71.9 cm³/mol. The lowest BCUT2D eigenvalue weighted by atomic mass is 9.85. The van der Waals surface area contributed by atoms with Crippen molar-refractivity contribution in [2.45, 2.75) is 33.7 Å². The van der Waals surface area contributed by atoms with Crippen LogP contribution in [0.5, 0.6) is 0 Å². The molecule has 0 spiro atoms. The lowest BCUT2D eigenvalue weighted by molar-refractivity contribution is 0.316. The van der Waals surface area contributed by atoms with Gasteiger partial charge in [0, 0.05) is 25.3 Å². The molecule has 1 rings (SSSR count). The van der Waals surface area contributed by atoms with Crippen molar-refractivity contribution in [1.29, 1.82) is 0 Å². The minimum Gasteiger partial charge on any atom is -0.370 e. The van der Waals surface area contributed by atoms with Crippen molar-refractivity contribution in [1.82, 2.24) is 0 Å². The summed E-state index contributed by atoms with van der Waals surface area (Å²) in [6.07, 6.45) is 0. The largest absolute Gasteiger partial charge is 0.370 e. The molecule has 0 aromatic heterocycles. The van der Waals surface area contributed by atoms with E-state index in [1.54, 1.807) is 0 Å². The molecule has 1 aromatic rings. The average Bonchev–Trinajstić information content (AvgIpc) is 2.16. The maximum atomic E-state index is 5.89. The van der Waals surface area contributed by atoms with Crippen LogP contribution in [0.15, 0.2) is 24.3 Å². The molecule has 0 bridgehead atoms. The summed E-state index contributed by atoms with van der Waals surface area (Å²) >= 11 is 0. The minimum absolute atomic E-state index is 0.188. The van der Waals surface area contributed by atoms with E-state index in [-0.39, 0.29) is 5.41 Å². The topological polar surface area (TPSA) is 29.3 Å². The SMILES string of the molecule is Cc1cccc(N(C)C(CN)C(C)(C)C)c1. The van der Waals surface area contributed by atoms with Crippen molar-refractivity contribution < 1.29 is 0 Å². The molecule has 0 saturated heterocycles. The smallest absolute Gasteiger partial charge is 0.0457 e. The highest BCUT2D eigenvalue weighted by Crippen LogP contribution is 2.27. The Bertz CT molecular complexity index is 339. The van der Waals surface area contributed by atoms with E-state index < -0.39 is 0 Å². The Kier molecular flexibility index (Phi) is 3.98. The van der Waals surface area contributed by atoms with Crippen LogP contribution in [0, 0.1) is 12.3 Å². The fourth-order valence-electron chi connectivity index (χ4n) is 2.12. The summed E-state index contributed by atoms with van der Waals surface area (Å²) in [5, 5.41) is 0. The van der Waals surface area contributed by atoms with Crippen LogP contribution in [-0.2, 0) is 0 Å². The van der Waals surface area contributed by atoms with E-state index >= 15 is 0 Å². The molecular weight excluding hydrogens is 196 g/mol. The average molecular weight is 220 g/mol. The van der Waals surface area contributed by atoms with Crippen LogP contribution in [0.25, 0.3) is 0 Å². The van der Waals surface area contributed by atoms with Crippen LogP contribution in [0.4, 0.5) is 5.69 Å². The van der Waals surface area contributed by atoms with Gasteiger partial charge in [-0.15, -0.1) is 0 Å². The van der Waals surface area contributed by atoms with Crippen LogP contribution in [0.2, 0.25) is 0 Å². The minimum atomic E-state index is 0.188. The third-order valence-electron chi connectivity index (χ3n) is 3.10. The zero-order valence-electron chi connectivity index (χ0n) is 11.1. The van der Waals surface area contributed by atoms with Gasteiger partial charge in [-0.1, -0.05) is 32.9 Å². The molecular formula is C14H24N2. The number of rotatable bonds is 3. The summed E-state index contributed by atoms with van der Waals surface area (Å²) in [7, 11) is 2.12. The highest BCUT2D eigenvalue weighted by atomic mass is 15.2. The van der Waals surface area contributed by atoms with E-state index in [1.165, 1.54) is 11.3 Å². The molecule has 16 heavy (non-hydrogen) atoms. The van der Waals surface area contributed by atoms with Gasteiger partial charge < -0.3 is 10.6 Å². The lowest BCUT2D eigenvalue weighted by Crippen LogP contribution is -2.47. The molecule has 2 heteroatoms. The zero-order valence-corrected chi connectivity index (χ0v) is 11.1. The second kappa shape index (κ2) is 4.88. The Balaban J connectivity index is 2.96. The molecule has 1 unspecified atom stereocenters. The van der Waals surface area contributed by atoms with Gasteiger partial charge in [-0.05, 0) is 30.0 Å². The van der Waals surface area contributed by atoms with E-state index in [2.05, 4.69) is 63.9 Å². The second-order valence-electron chi connectivity index (χ2n) is 5.57. The molecule has 2 N–H and O–H groups in total. The molecule has 0 heterocycles. The second-order valence-corrected chi connectivity index (χ2v) is 5.57. The number of nitrogens with two attached hydrogens (primary N) is 1. The number of hydrogen-bond donors (Lipinski definition) is 1. The van der Waals surface area contributed by atoms with Crippen LogP contribution >= 0.6 is 0 Å². The molecule has 0 aliphatic heterocycles. The molecule has 0 aliphatic carbocycles. The van der Waals surface area contributed by atoms with Crippen molar-refractivity contribution in [3.05, 3.63) is 29.8 Å². The van der Waals surface area contributed by atoms with Crippen molar-refractivity contribution >= 4 is 5.69 Å². The van der Waals surface area contributed by atoms with Gasteiger partial charge in [0.1, 0.15) is 0 Å². The summed E-state index contributed by atoms with van der Waals surface area (Å²) in [5.41, 5.74) is 8.61. The Labute approximate surface area is 99.5 Å². The summed E-state index contributed by atoms with van der Waals surface area (Å²) in [6.45, 7) is 9.49. The quantitative estimate of drug-likeness (QED) is 0.848. The Hall–Kier alpha value is -1.02. The summed E-state index contributed by atoms with van der Waals surface area (Å²) in [5.74, 6) is 0. The van der Waals surface area contributed by atoms with E-state index in [0.29, 0.717) is 12.6 Å². The standard InChI is InChI=1S/C14H24N2/c1-11-7-6-8-12(9-11)16(5)13(10-15)14(2,3)4/h6-9,13H,10,15H2,1-5H3. The van der Waals surface area contributed by atoms with Crippen LogP contribution < -0.4 is 10.6 Å². The van der Waals surface area contributed by atoms with Crippen LogP contribution in [0.1, 0.15) is 26.3 Å². The van der Waals surface area contributed by atoms with Crippen molar-refractivity contribution in [2.75, 3.05) is 18.5 Å². The fourth-order valence-corrected chi connectivity index (χ4v) is 2.12. The Morgan fingerprint density at radius 2 is 1.94 bits per heavy atom. The van der Waals surface area contributed by atoms with Gasteiger partial charge in [0.25, 0.3) is 0 Å². The number of hydrogen-bond acceptors (Lipinski definition) is 2.